The van der Waals surface area contributed by atoms with Crippen LogP contribution >= 0.6 is 15.9 Å². The lowest BCUT2D eigenvalue weighted by Crippen LogP contribution is -2.21. The van der Waals surface area contributed by atoms with E-state index in [-0.39, 0.29) is 6.04 Å². The highest BCUT2D eigenvalue weighted by Crippen LogP contribution is 2.29. The molecule has 4 heteroatoms. The summed E-state index contributed by atoms with van der Waals surface area (Å²) in [6, 6.07) is 6.34. The zero-order valence-electron chi connectivity index (χ0n) is 11.4. The Bertz CT molecular complexity index is 407. The third-order valence-corrected chi connectivity index (χ3v) is 3.99. The van der Waals surface area contributed by atoms with E-state index in [4.69, 9.17) is 15.2 Å². The van der Waals surface area contributed by atoms with Gasteiger partial charge in [-0.1, -0.05) is 13.0 Å². The van der Waals surface area contributed by atoms with Crippen LogP contribution in [0.2, 0.25) is 0 Å². The smallest absolute Gasteiger partial charge is 0.189 e. The Hall–Kier alpha value is -0.580. The van der Waals surface area contributed by atoms with Crippen molar-refractivity contribution in [3.63, 3.8) is 0 Å². The Balaban J connectivity index is 1.79. The highest BCUT2D eigenvalue weighted by molar-refractivity contribution is 9.10. The maximum absolute atomic E-state index is 5.96. The van der Waals surface area contributed by atoms with Crippen LogP contribution in [0.5, 0.6) is 5.75 Å². The van der Waals surface area contributed by atoms with Crippen molar-refractivity contribution in [2.75, 3.05) is 13.4 Å². The van der Waals surface area contributed by atoms with E-state index in [1.165, 1.54) is 18.4 Å². The molecule has 1 fully saturated rings. The number of hydrogen-bond donors (Lipinski definition) is 1. The maximum Gasteiger partial charge on any atom is 0.189 e. The molecule has 2 rings (SSSR count). The zero-order chi connectivity index (χ0) is 13.7. The van der Waals surface area contributed by atoms with E-state index in [9.17, 15) is 0 Å². The van der Waals surface area contributed by atoms with Crippen LogP contribution in [0.4, 0.5) is 0 Å². The minimum Gasteiger partial charge on any atom is -0.466 e. The lowest BCUT2D eigenvalue weighted by atomic mass is 10.0. The molecule has 0 radical (unpaired) electrons. The predicted octanol–water partition coefficient (Wildman–Crippen LogP) is 3.49. The van der Waals surface area contributed by atoms with Crippen LogP contribution in [0.3, 0.4) is 0 Å². The molecule has 0 aliphatic heterocycles. The number of hydrogen-bond acceptors (Lipinski definition) is 3. The van der Waals surface area contributed by atoms with Crippen LogP contribution in [0.1, 0.15) is 31.7 Å². The summed E-state index contributed by atoms with van der Waals surface area (Å²) >= 11 is 3.53. The first-order chi connectivity index (χ1) is 9.19. The number of halogens is 1. The van der Waals surface area contributed by atoms with Crippen LogP contribution in [0.25, 0.3) is 0 Å². The molecule has 2 N–H and O–H groups in total. The molecule has 3 nitrogen and oxygen atoms in total. The fourth-order valence-corrected chi connectivity index (χ4v) is 2.38. The lowest BCUT2D eigenvalue weighted by Gasteiger charge is -2.12. The first-order valence-electron chi connectivity index (χ1n) is 6.93. The first-order valence-corrected chi connectivity index (χ1v) is 7.73. The van der Waals surface area contributed by atoms with Crippen molar-refractivity contribution in [1.29, 1.82) is 0 Å². The molecule has 0 spiro atoms. The van der Waals surface area contributed by atoms with Crippen molar-refractivity contribution in [3.05, 3.63) is 28.2 Å². The van der Waals surface area contributed by atoms with Crippen molar-refractivity contribution in [1.82, 2.24) is 0 Å². The average Bonchev–Trinajstić information content (AvgIpc) is 3.20. The van der Waals surface area contributed by atoms with Gasteiger partial charge >= 0.3 is 0 Å². The highest BCUT2D eigenvalue weighted by Gasteiger charge is 2.21. The van der Waals surface area contributed by atoms with E-state index >= 15 is 0 Å². The summed E-state index contributed by atoms with van der Waals surface area (Å²) in [5.41, 5.74) is 7.19. The van der Waals surface area contributed by atoms with Gasteiger partial charge in [0, 0.05) is 6.04 Å². The average molecular weight is 328 g/mol. The maximum atomic E-state index is 5.96. The van der Waals surface area contributed by atoms with Gasteiger partial charge in [-0.3, -0.25) is 0 Å². The molecule has 1 atom stereocenters. The SMILES string of the molecule is CCC(N)Cc1ccc(OCOCC2CC2)c(Br)c1. The molecule has 1 saturated carbocycles. The zero-order valence-corrected chi connectivity index (χ0v) is 13.0. The largest absolute Gasteiger partial charge is 0.466 e. The molecule has 1 aromatic rings. The second kappa shape index (κ2) is 7.27. The van der Waals surface area contributed by atoms with Crippen molar-refractivity contribution >= 4 is 15.9 Å². The predicted molar refractivity (Wildman–Crippen MR) is 80.3 cm³/mol. The third kappa shape index (κ3) is 5.13. The molecular formula is C15H22BrNO2. The Kier molecular flexibility index (Phi) is 5.67. The normalized spacial score (nSPS) is 16.4. The summed E-state index contributed by atoms with van der Waals surface area (Å²) in [7, 11) is 0. The van der Waals surface area contributed by atoms with Crippen LogP contribution in [0.15, 0.2) is 22.7 Å². The standard InChI is InChI=1S/C15H22BrNO2/c1-2-13(17)7-12-5-6-15(14(16)8-12)19-10-18-9-11-3-4-11/h5-6,8,11,13H,2-4,7,9-10,17H2,1H3. The third-order valence-electron chi connectivity index (χ3n) is 3.37. The molecule has 0 heterocycles. The molecule has 1 aromatic carbocycles. The number of rotatable bonds is 8. The summed E-state index contributed by atoms with van der Waals surface area (Å²) in [6.45, 7) is 3.25. The van der Waals surface area contributed by atoms with Crippen molar-refractivity contribution in [3.8, 4) is 5.75 Å². The molecule has 1 unspecified atom stereocenters. The van der Waals surface area contributed by atoms with Gasteiger partial charge in [-0.05, 0) is 65.2 Å². The molecule has 1 aliphatic rings. The van der Waals surface area contributed by atoms with Crippen molar-refractivity contribution < 1.29 is 9.47 Å². The molecule has 0 bridgehead atoms. The van der Waals surface area contributed by atoms with E-state index in [0.717, 1.165) is 35.6 Å². The topological polar surface area (TPSA) is 44.5 Å². The van der Waals surface area contributed by atoms with Gasteiger partial charge in [0.15, 0.2) is 6.79 Å². The fourth-order valence-electron chi connectivity index (χ4n) is 1.84. The van der Waals surface area contributed by atoms with E-state index in [0.29, 0.717) is 6.79 Å². The van der Waals surface area contributed by atoms with Gasteiger partial charge in [-0.15, -0.1) is 0 Å². The van der Waals surface area contributed by atoms with Crippen LogP contribution in [0, 0.1) is 5.92 Å². The molecule has 0 saturated heterocycles. The van der Waals surface area contributed by atoms with Crippen molar-refractivity contribution in [2.24, 2.45) is 11.7 Å². The lowest BCUT2D eigenvalue weighted by molar-refractivity contribution is 0.00956. The summed E-state index contributed by atoms with van der Waals surface area (Å²) in [5, 5.41) is 0. The van der Waals surface area contributed by atoms with Gasteiger partial charge in [0.1, 0.15) is 5.75 Å². The molecule has 1 aliphatic carbocycles. The van der Waals surface area contributed by atoms with E-state index < -0.39 is 0 Å². The van der Waals surface area contributed by atoms with Gasteiger partial charge < -0.3 is 15.2 Å². The van der Waals surface area contributed by atoms with Crippen LogP contribution < -0.4 is 10.5 Å². The number of nitrogens with two attached hydrogens (primary N) is 1. The van der Waals surface area contributed by atoms with E-state index in [2.05, 4.69) is 35.0 Å². The molecule has 0 aromatic heterocycles. The van der Waals surface area contributed by atoms with Crippen LogP contribution in [-0.2, 0) is 11.2 Å². The highest BCUT2D eigenvalue weighted by atomic mass is 79.9. The van der Waals surface area contributed by atoms with Gasteiger partial charge in [-0.2, -0.15) is 0 Å². The molecule has 0 amide bonds. The summed E-state index contributed by atoms with van der Waals surface area (Å²) < 4.78 is 12.0. The Labute approximate surface area is 123 Å². The second-order valence-corrected chi connectivity index (χ2v) is 6.07. The Morgan fingerprint density at radius 3 is 2.84 bits per heavy atom. The number of benzene rings is 1. The Morgan fingerprint density at radius 1 is 1.42 bits per heavy atom. The second-order valence-electron chi connectivity index (χ2n) is 5.21. The fraction of sp³-hybridized carbons (Fsp3) is 0.600. The van der Waals surface area contributed by atoms with Gasteiger partial charge in [0.25, 0.3) is 0 Å². The van der Waals surface area contributed by atoms with E-state index in [1.807, 2.05) is 6.07 Å². The van der Waals surface area contributed by atoms with E-state index in [1.54, 1.807) is 0 Å². The molecule has 106 valence electrons. The van der Waals surface area contributed by atoms with Gasteiger partial charge in [-0.25, -0.2) is 0 Å². The monoisotopic (exact) mass is 327 g/mol. The molecular weight excluding hydrogens is 306 g/mol. The summed E-state index contributed by atoms with van der Waals surface area (Å²) in [6.07, 6.45) is 4.49. The Morgan fingerprint density at radius 2 is 2.21 bits per heavy atom. The van der Waals surface area contributed by atoms with Crippen LogP contribution in [-0.4, -0.2) is 19.4 Å². The number of ether oxygens (including phenoxy) is 2. The summed E-state index contributed by atoms with van der Waals surface area (Å²) in [5.74, 6) is 1.59. The van der Waals surface area contributed by atoms with Gasteiger partial charge in [0.05, 0.1) is 11.1 Å². The molecule has 19 heavy (non-hydrogen) atoms. The minimum atomic E-state index is 0.223. The summed E-state index contributed by atoms with van der Waals surface area (Å²) in [4.78, 5) is 0. The van der Waals surface area contributed by atoms with Crippen molar-refractivity contribution in [2.45, 2.75) is 38.6 Å². The first kappa shape index (κ1) is 14.8. The van der Waals surface area contributed by atoms with Gasteiger partial charge in [0.2, 0.25) is 0 Å². The quantitative estimate of drug-likeness (QED) is 0.587. The minimum absolute atomic E-state index is 0.223.